The Morgan fingerprint density at radius 1 is 1.62 bits per heavy atom. The average molecular weight is 241 g/mol. The Kier molecular flexibility index (Phi) is 4.47. The molecule has 0 radical (unpaired) electrons. The Balaban J connectivity index is 2.95. The van der Waals surface area contributed by atoms with Crippen molar-refractivity contribution in [2.45, 2.75) is 13.5 Å². The van der Waals surface area contributed by atoms with Gasteiger partial charge in [0.15, 0.2) is 0 Å². The van der Waals surface area contributed by atoms with Crippen LogP contribution in [-0.2, 0) is 6.61 Å². The zero-order chi connectivity index (χ0) is 12.1. The number of hydrogen-bond acceptors (Lipinski definition) is 5. The van der Waals surface area contributed by atoms with E-state index in [1.807, 2.05) is 6.92 Å². The lowest BCUT2D eigenvalue weighted by Crippen LogP contribution is -2.25. The van der Waals surface area contributed by atoms with Gasteiger partial charge in [-0.15, -0.1) is 0 Å². The van der Waals surface area contributed by atoms with Crippen molar-refractivity contribution in [2.24, 2.45) is 5.92 Å². The van der Waals surface area contributed by atoms with Crippen LogP contribution in [-0.4, -0.2) is 28.7 Å². The molecule has 1 N–H and O–H groups in total. The molecular formula is C10H13ClN4O. The van der Waals surface area contributed by atoms with Gasteiger partial charge in [-0.05, 0) is 6.92 Å². The largest absolute Gasteiger partial charge is 0.391 e. The molecular weight excluding hydrogens is 228 g/mol. The topological polar surface area (TPSA) is 73.0 Å². The molecule has 0 aliphatic rings. The predicted molar refractivity (Wildman–Crippen MR) is 61.0 cm³/mol. The molecule has 1 rings (SSSR count). The van der Waals surface area contributed by atoms with E-state index in [2.05, 4.69) is 16.0 Å². The van der Waals surface area contributed by atoms with E-state index in [-0.39, 0.29) is 17.7 Å². The van der Waals surface area contributed by atoms with Crippen LogP contribution in [0.2, 0.25) is 5.15 Å². The van der Waals surface area contributed by atoms with Crippen LogP contribution >= 0.6 is 11.6 Å². The summed E-state index contributed by atoms with van der Waals surface area (Å²) in [5, 5.41) is 18.1. The van der Waals surface area contributed by atoms with E-state index < -0.39 is 0 Å². The molecule has 0 spiro atoms. The standard InChI is InChI=1S/C10H13ClN4O/c1-7(3-12)4-15(2)10-8(5-16)9(11)13-6-14-10/h6-7,16H,4-5H2,1-2H3. The molecule has 5 nitrogen and oxygen atoms in total. The molecule has 0 saturated carbocycles. The Labute approximate surface area is 99.3 Å². The maximum absolute atomic E-state index is 9.18. The van der Waals surface area contributed by atoms with Crippen molar-refractivity contribution in [3.63, 3.8) is 0 Å². The maximum atomic E-state index is 9.18. The normalized spacial score (nSPS) is 11.9. The van der Waals surface area contributed by atoms with Gasteiger partial charge in [0, 0.05) is 13.6 Å². The third kappa shape index (κ3) is 2.81. The fourth-order valence-corrected chi connectivity index (χ4v) is 1.57. The van der Waals surface area contributed by atoms with Crippen LogP contribution < -0.4 is 4.90 Å². The molecule has 0 aliphatic heterocycles. The van der Waals surface area contributed by atoms with E-state index in [4.69, 9.17) is 16.9 Å². The van der Waals surface area contributed by atoms with Crippen LogP contribution in [0, 0.1) is 17.2 Å². The first kappa shape index (κ1) is 12.7. The second-order valence-electron chi connectivity index (χ2n) is 3.54. The maximum Gasteiger partial charge on any atom is 0.140 e. The number of anilines is 1. The molecule has 1 unspecified atom stereocenters. The van der Waals surface area contributed by atoms with E-state index in [1.54, 1.807) is 11.9 Å². The number of aromatic nitrogens is 2. The molecule has 1 atom stereocenters. The van der Waals surface area contributed by atoms with Gasteiger partial charge in [0.1, 0.15) is 17.3 Å². The molecule has 1 aromatic rings. The molecule has 0 aromatic carbocycles. The van der Waals surface area contributed by atoms with Gasteiger partial charge in [-0.2, -0.15) is 5.26 Å². The van der Waals surface area contributed by atoms with Gasteiger partial charge < -0.3 is 10.0 Å². The number of aliphatic hydroxyl groups is 1. The van der Waals surface area contributed by atoms with Gasteiger partial charge in [0.05, 0.1) is 24.2 Å². The summed E-state index contributed by atoms with van der Waals surface area (Å²) in [6, 6.07) is 2.14. The lowest BCUT2D eigenvalue weighted by molar-refractivity contribution is 0.281. The first-order valence-electron chi connectivity index (χ1n) is 4.81. The van der Waals surface area contributed by atoms with Crippen LogP contribution in [0.3, 0.4) is 0 Å². The molecule has 16 heavy (non-hydrogen) atoms. The molecule has 0 aliphatic carbocycles. The Morgan fingerprint density at radius 3 is 2.88 bits per heavy atom. The third-order valence-corrected chi connectivity index (χ3v) is 2.48. The van der Waals surface area contributed by atoms with Gasteiger partial charge in [-0.25, -0.2) is 9.97 Å². The van der Waals surface area contributed by atoms with Gasteiger partial charge in [-0.1, -0.05) is 11.6 Å². The fourth-order valence-electron chi connectivity index (χ4n) is 1.39. The van der Waals surface area contributed by atoms with Crippen molar-refractivity contribution in [3.05, 3.63) is 17.0 Å². The van der Waals surface area contributed by atoms with E-state index >= 15 is 0 Å². The first-order valence-corrected chi connectivity index (χ1v) is 5.19. The predicted octanol–water partition coefficient (Wildman–Crippen LogP) is 1.22. The summed E-state index contributed by atoms with van der Waals surface area (Å²) >= 11 is 5.84. The quantitative estimate of drug-likeness (QED) is 0.801. The molecule has 0 bridgehead atoms. The van der Waals surface area contributed by atoms with Crippen molar-refractivity contribution in [1.82, 2.24) is 9.97 Å². The highest BCUT2D eigenvalue weighted by Crippen LogP contribution is 2.22. The highest BCUT2D eigenvalue weighted by Gasteiger charge is 2.14. The summed E-state index contributed by atoms with van der Waals surface area (Å²) in [5.74, 6) is 0.440. The van der Waals surface area contributed by atoms with Crippen LogP contribution in [0.1, 0.15) is 12.5 Å². The smallest absolute Gasteiger partial charge is 0.140 e. The lowest BCUT2D eigenvalue weighted by Gasteiger charge is -2.21. The van der Waals surface area contributed by atoms with Crippen molar-refractivity contribution in [1.29, 1.82) is 5.26 Å². The third-order valence-electron chi connectivity index (χ3n) is 2.16. The highest BCUT2D eigenvalue weighted by atomic mass is 35.5. The minimum absolute atomic E-state index is 0.120. The Bertz CT molecular complexity index is 404. The number of halogens is 1. The molecule has 0 amide bonds. The molecule has 0 fully saturated rings. The van der Waals surface area contributed by atoms with Gasteiger partial charge in [0.2, 0.25) is 0 Å². The monoisotopic (exact) mass is 240 g/mol. The Morgan fingerprint density at radius 2 is 2.31 bits per heavy atom. The van der Waals surface area contributed by atoms with Crippen molar-refractivity contribution in [2.75, 3.05) is 18.5 Å². The van der Waals surface area contributed by atoms with Crippen LogP contribution in [0.5, 0.6) is 0 Å². The lowest BCUT2D eigenvalue weighted by atomic mass is 10.2. The molecule has 6 heteroatoms. The van der Waals surface area contributed by atoms with E-state index in [0.29, 0.717) is 17.9 Å². The number of aliphatic hydroxyl groups excluding tert-OH is 1. The SMILES string of the molecule is CC(C#N)CN(C)c1ncnc(Cl)c1CO. The van der Waals surface area contributed by atoms with Crippen LogP contribution in [0.4, 0.5) is 5.82 Å². The number of nitrogens with zero attached hydrogens (tertiary/aromatic N) is 4. The summed E-state index contributed by atoms with van der Waals surface area (Å²) in [7, 11) is 1.80. The summed E-state index contributed by atoms with van der Waals surface area (Å²) in [6.45, 7) is 2.12. The van der Waals surface area contributed by atoms with Crippen molar-refractivity contribution in [3.8, 4) is 6.07 Å². The number of hydrogen-bond donors (Lipinski definition) is 1. The second kappa shape index (κ2) is 5.64. The molecule has 1 heterocycles. The Hall–Kier alpha value is -1.38. The van der Waals surface area contributed by atoms with Gasteiger partial charge in [-0.3, -0.25) is 0 Å². The van der Waals surface area contributed by atoms with Gasteiger partial charge >= 0.3 is 0 Å². The van der Waals surface area contributed by atoms with Gasteiger partial charge in [0.25, 0.3) is 0 Å². The first-order chi connectivity index (χ1) is 7.60. The minimum atomic E-state index is -0.222. The second-order valence-corrected chi connectivity index (χ2v) is 3.89. The summed E-state index contributed by atoms with van der Waals surface area (Å²) in [5.41, 5.74) is 0.483. The molecule has 86 valence electrons. The van der Waals surface area contributed by atoms with Crippen LogP contribution in [0.15, 0.2) is 6.33 Å². The number of rotatable bonds is 4. The molecule has 1 aromatic heterocycles. The van der Waals surface area contributed by atoms with Crippen molar-refractivity contribution < 1.29 is 5.11 Å². The fraction of sp³-hybridized carbons (Fsp3) is 0.500. The van der Waals surface area contributed by atoms with E-state index in [1.165, 1.54) is 6.33 Å². The summed E-state index contributed by atoms with van der Waals surface area (Å²) in [4.78, 5) is 9.64. The molecule has 0 saturated heterocycles. The number of nitriles is 1. The summed E-state index contributed by atoms with van der Waals surface area (Å²) in [6.07, 6.45) is 1.34. The minimum Gasteiger partial charge on any atom is -0.391 e. The van der Waals surface area contributed by atoms with Crippen molar-refractivity contribution >= 4 is 17.4 Å². The van der Waals surface area contributed by atoms with E-state index in [9.17, 15) is 5.11 Å². The highest BCUT2D eigenvalue weighted by molar-refractivity contribution is 6.30. The van der Waals surface area contributed by atoms with Crippen LogP contribution in [0.25, 0.3) is 0 Å². The van der Waals surface area contributed by atoms with E-state index in [0.717, 1.165) is 0 Å². The zero-order valence-electron chi connectivity index (χ0n) is 9.18. The summed E-state index contributed by atoms with van der Waals surface area (Å²) < 4.78 is 0. The zero-order valence-corrected chi connectivity index (χ0v) is 9.94. The average Bonchev–Trinajstić information content (AvgIpc) is 2.28.